The van der Waals surface area contributed by atoms with Crippen LogP contribution in [0.15, 0.2) is 0 Å². The van der Waals surface area contributed by atoms with Crippen molar-refractivity contribution in [3.8, 4) is 0 Å². The lowest BCUT2D eigenvalue weighted by atomic mass is 10.2. The van der Waals surface area contributed by atoms with Crippen LogP contribution in [0.5, 0.6) is 0 Å². The van der Waals surface area contributed by atoms with Gasteiger partial charge in [-0.25, -0.2) is 14.5 Å². The third kappa shape index (κ3) is 2.83. The smallest absolute Gasteiger partial charge is 0.304 e. The molecule has 0 aromatic rings. The summed E-state index contributed by atoms with van der Waals surface area (Å²) in [7, 11) is 0. The number of rotatable bonds is 3. The second-order valence-corrected chi connectivity index (χ2v) is 6.58. The average Bonchev–Trinajstić information content (AvgIpc) is 2.15. The Bertz CT molecular complexity index is 292. The minimum Gasteiger partial charge on any atom is -0.304 e. The minimum atomic E-state index is -0.191. The van der Waals surface area contributed by atoms with E-state index in [9.17, 15) is 9.59 Å². The van der Waals surface area contributed by atoms with Gasteiger partial charge < -0.3 is 4.90 Å². The Kier molecular flexibility index (Phi) is 4.62. The van der Waals surface area contributed by atoms with Gasteiger partial charge in [-0.15, -0.1) is 0 Å². The second kappa shape index (κ2) is 5.41. The summed E-state index contributed by atoms with van der Waals surface area (Å²) in [5.41, 5.74) is 0. The number of hydrogen-bond donors (Lipinski definition) is 0. The van der Waals surface area contributed by atoms with E-state index in [1.54, 1.807) is 9.80 Å². The van der Waals surface area contributed by atoms with E-state index in [-0.39, 0.29) is 28.2 Å². The van der Waals surface area contributed by atoms with Gasteiger partial charge in [-0.2, -0.15) is 0 Å². The lowest BCUT2D eigenvalue weighted by Crippen LogP contribution is -2.64. The first-order valence-electron chi connectivity index (χ1n) is 5.81. The standard InChI is InChI=1S/C11H20IN3O2/c1-7(2)13-6-14(9(5)12)11(17)15(8(3)4)10(13)16/h7-9H,6H2,1-5H3. The Hall–Kier alpha value is -0.530. The van der Waals surface area contributed by atoms with Gasteiger partial charge in [0.15, 0.2) is 0 Å². The highest BCUT2D eigenvalue weighted by Gasteiger charge is 2.40. The predicted octanol–water partition coefficient (Wildman–Crippen LogP) is 2.70. The largest absolute Gasteiger partial charge is 0.330 e. The maximum atomic E-state index is 12.2. The van der Waals surface area contributed by atoms with Gasteiger partial charge in [-0.05, 0) is 34.6 Å². The van der Waals surface area contributed by atoms with Crippen LogP contribution in [-0.2, 0) is 0 Å². The lowest BCUT2D eigenvalue weighted by molar-refractivity contribution is 0.0580. The van der Waals surface area contributed by atoms with Gasteiger partial charge in [0, 0.05) is 12.1 Å². The summed E-state index contributed by atoms with van der Waals surface area (Å²) >= 11 is 2.19. The predicted molar refractivity (Wildman–Crippen MR) is 74.9 cm³/mol. The summed E-state index contributed by atoms with van der Waals surface area (Å²) in [6.07, 6.45) is 0. The molecule has 1 aliphatic heterocycles. The molecule has 6 heteroatoms. The number of urea groups is 2. The van der Waals surface area contributed by atoms with Crippen molar-refractivity contribution in [2.45, 2.75) is 50.8 Å². The molecule has 1 fully saturated rings. The zero-order chi connectivity index (χ0) is 13.3. The number of carbonyl (C=O) groups excluding carboxylic acids is 2. The first-order chi connectivity index (χ1) is 7.77. The first-order valence-corrected chi connectivity index (χ1v) is 7.06. The summed E-state index contributed by atoms with van der Waals surface area (Å²) in [5, 5.41) is 0. The average molecular weight is 353 g/mol. The summed E-state index contributed by atoms with van der Waals surface area (Å²) in [4.78, 5) is 29.1. The summed E-state index contributed by atoms with van der Waals surface area (Å²) in [6.45, 7) is 9.96. The Labute approximate surface area is 116 Å². The van der Waals surface area contributed by atoms with E-state index in [0.29, 0.717) is 6.67 Å². The summed E-state index contributed by atoms with van der Waals surface area (Å²) < 4.78 is 0.0655. The van der Waals surface area contributed by atoms with E-state index in [4.69, 9.17) is 0 Å². The molecule has 17 heavy (non-hydrogen) atoms. The normalized spacial score (nSPS) is 19.6. The van der Waals surface area contributed by atoms with Crippen LogP contribution in [0.3, 0.4) is 0 Å². The number of halogens is 1. The third-order valence-electron chi connectivity index (χ3n) is 2.78. The molecule has 1 rings (SSSR count). The van der Waals surface area contributed by atoms with Gasteiger partial charge in [0.1, 0.15) is 6.67 Å². The van der Waals surface area contributed by atoms with E-state index in [2.05, 4.69) is 22.6 Å². The third-order valence-corrected chi connectivity index (χ3v) is 3.45. The number of carbonyl (C=O) groups is 2. The van der Waals surface area contributed by atoms with Gasteiger partial charge in [0.05, 0.1) is 4.05 Å². The molecule has 0 aliphatic carbocycles. The van der Waals surface area contributed by atoms with Crippen LogP contribution in [-0.4, -0.2) is 49.6 Å². The zero-order valence-corrected chi connectivity index (χ0v) is 13.1. The van der Waals surface area contributed by atoms with Gasteiger partial charge in [0.2, 0.25) is 0 Å². The second-order valence-electron chi connectivity index (χ2n) is 4.78. The maximum absolute atomic E-state index is 12.2. The number of amides is 4. The fraction of sp³-hybridized carbons (Fsp3) is 0.818. The molecule has 1 atom stereocenters. The molecule has 4 amide bonds. The molecular weight excluding hydrogens is 333 g/mol. The molecular formula is C11H20IN3O2. The van der Waals surface area contributed by atoms with E-state index in [0.717, 1.165) is 0 Å². The molecule has 0 N–H and O–H groups in total. The molecule has 0 spiro atoms. The zero-order valence-electron chi connectivity index (χ0n) is 11.0. The van der Waals surface area contributed by atoms with Crippen molar-refractivity contribution in [2.24, 2.45) is 0 Å². The van der Waals surface area contributed by atoms with Crippen LogP contribution >= 0.6 is 22.6 Å². The molecule has 0 bridgehead atoms. The van der Waals surface area contributed by atoms with Crippen molar-refractivity contribution in [2.75, 3.05) is 6.67 Å². The van der Waals surface area contributed by atoms with Gasteiger partial charge in [-0.1, -0.05) is 22.6 Å². The van der Waals surface area contributed by atoms with Crippen molar-refractivity contribution in [3.63, 3.8) is 0 Å². The van der Waals surface area contributed by atoms with Gasteiger partial charge in [0.25, 0.3) is 0 Å². The van der Waals surface area contributed by atoms with E-state index in [1.807, 2.05) is 34.6 Å². The lowest BCUT2D eigenvalue weighted by Gasteiger charge is -2.45. The fourth-order valence-corrected chi connectivity index (χ4v) is 2.15. The topological polar surface area (TPSA) is 43.9 Å². The van der Waals surface area contributed by atoms with Crippen molar-refractivity contribution >= 4 is 34.7 Å². The van der Waals surface area contributed by atoms with E-state index in [1.165, 1.54) is 4.90 Å². The highest BCUT2D eigenvalue weighted by molar-refractivity contribution is 14.1. The number of hydrogen-bond acceptors (Lipinski definition) is 2. The van der Waals surface area contributed by atoms with Crippen LogP contribution in [0.1, 0.15) is 34.6 Å². The minimum absolute atomic E-state index is 0.0655. The Balaban J connectivity index is 3.04. The van der Waals surface area contributed by atoms with Crippen molar-refractivity contribution in [3.05, 3.63) is 0 Å². The monoisotopic (exact) mass is 353 g/mol. The van der Waals surface area contributed by atoms with Gasteiger partial charge in [-0.3, -0.25) is 4.90 Å². The van der Waals surface area contributed by atoms with Gasteiger partial charge >= 0.3 is 12.1 Å². The van der Waals surface area contributed by atoms with Crippen LogP contribution in [0.25, 0.3) is 0 Å². The molecule has 0 aromatic heterocycles. The summed E-state index contributed by atoms with van der Waals surface area (Å²) in [6, 6.07) is -0.402. The first kappa shape index (κ1) is 14.5. The fourth-order valence-electron chi connectivity index (χ4n) is 1.73. The Morgan fingerprint density at radius 3 is 1.76 bits per heavy atom. The molecule has 98 valence electrons. The van der Waals surface area contributed by atoms with Crippen molar-refractivity contribution in [1.82, 2.24) is 14.7 Å². The van der Waals surface area contributed by atoms with Crippen LogP contribution in [0, 0.1) is 0 Å². The van der Waals surface area contributed by atoms with E-state index >= 15 is 0 Å². The Morgan fingerprint density at radius 1 is 0.941 bits per heavy atom. The SMILES string of the molecule is CC(C)N1CN(C(C)I)C(=O)N(C(C)C)C1=O. The van der Waals surface area contributed by atoms with E-state index < -0.39 is 0 Å². The van der Waals surface area contributed by atoms with Crippen LogP contribution < -0.4 is 0 Å². The highest BCUT2D eigenvalue weighted by Crippen LogP contribution is 2.22. The summed E-state index contributed by atoms with van der Waals surface area (Å²) in [5.74, 6) is 0. The molecule has 1 heterocycles. The number of imide groups is 1. The molecule has 1 aliphatic rings. The van der Waals surface area contributed by atoms with Crippen molar-refractivity contribution in [1.29, 1.82) is 0 Å². The van der Waals surface area contributed by atoms with Crippen molar-refractivity contribution < 1.29 is 9.59 Å². The Morgan fingerprint density at radius 2 is 1.41 bits per heavy atom. The quantitative estimate of drug-likeness (QED) is 0.445. The highest BCUT2D eigenvalue weighted by atomic mass is 127. The van der Waals surface area contributed by atoms with Crippen LogP contribution in [0.2, 0.25) is 0 Å². The molecule has 0 radical (unpaired) electrons. The van der Waals surface area contributed by atoms with Crippen LogP contribution in [0.4, 0.5) is 9.59 Å². The maximum Gasteiger partial charge on any atom is 0.330 e. The number of alkyl halides is 1. The molecule has 5 nitrogen and oxygen atoms in total. The molecule has 0 aromatic carbocycles. The number of nitrogens with zero attached hydrogens (tertiary/aromatic N) is 3. The molecule has 1 unspecified atom stereocenters. The molecule has 1 saturated heterocycles. The molecule has 0 saturated carbocycles.